The summed E-state index contributed by atoms with van der Waals surface area (Å²) in [6, 6.07) is 16.2. The molecule has 22 heavy (non-hydrogen) atoms. The molecule has 2 aromatic heterocycles. The Hall–Kier alpha value is -2.55. The van der Waals surface area contributed by atoms with Gasteiger partial charge in [0.25, 0.3) is 5.91 Å². The smallest absolute Gasteiger partial charge is 0.253 e. The van der Waals surface area contributed by atoms with E-state index in [9.17, 15) is 4.79 Å². The molecule has 1 atom stereocenters. The fraction of sp³-hybridized carbons (Fsp3) is 0.211. The van der Waals surface area contributed by atoms with Crippen LogP contribution in [0.15, 0.2) is 60.9 Å². The maximum Gasteiger partial charge on any atom is 0.253 e. The second-order valence-electron chi connectivity index (χ2n) is 5.55. The number of nitrogens with one attached hydrogen (secondary N) is 1. The van der Waals surface area contributed by atoms with Gasteiger partial charge in [0.1, 0.15) is 0 Å². The van der Waals surface area contributed by atoms with Crippen molar-refractivity contribution < 1.29 is 4.79 Å². The summed E-state index contributed by atoms with van der Waals surface area (Å²) >= 11 is 0. The molecule has 2 heterocycles. The third kappa shape index (κ3) is 2.89. The van der Waals surface area contributed by atoms with E-state index in [0.29, 0.717) is 5.56 Å². The number of carbonyl (C=O) groups is 1. The first-order valence-corrected chi connectivity index (χ1v) is 7.64. The molecular weight excluding hydrogens is 272 g/mol. The molecule has 0 unspecified atom stereocenters. The van der Waals surface area contributed by atoms with Crippen molar-refractivity contribution >= 4 is 11.4 Å². The Kier molecular flexibility index (Phi) is 3.96. The lowest BCUT2D eigenvalue weighted by molar-refractivity contribution is 0.0940. The van der Waals surface area contributed by atoms with Gasteiger partial charge in [0.15, 0.2) is 0 Å². The molecule has 0 aliphatic heterocycles. The zero-order valence-corrected chi connectivity index (χ0v) is 12.9. The number of amides is 1. The third-order valence-corrected chi connectivity index (χ3v) is 4.00. The lowest BCUT2D eigenvalue weighted by Crippen LogP contribution is -2.26. The van der Waals surface area contributed by atoms with E-state index in [4.69, 9.17) is 0 Å². The zero-order valence-electron chi connectivity index (χ0n) is 12.9. The summed E-state index contributed by atoms with van der Waals surface area (Å²) in [4.78, 5) is 12.4. The van der Waals surface area contributed by atoms with Crippen LogP contribution in [0.3, 0.4) is 0 Å². The number of pyridine rings is 1. The second kappa shape index (κ2) is 6.06. The van der Waals surface area contributed by atoms with Crippen LogP contribution in [0.2, 0.25) is 0 Å². The lowest BCUT2D eigenvalue weighted by Gasteiger charge is -2.14. The van der Waals surface area contributed by atoms with Crippen LogP contribution < -0.4 is 5.32 Å². The minimum absolute atomic E-state index is 0.0126. The predicted octanol–water partition coefficient (Wildman–Crippen LogP) is 3.99. The summed E-state index contributed by atoms with van der Waals surface area (Å²) in [6.45, 7) is 4.15. The van der Waals surface area contributed by atoms with E-state index in [1.165, 1.54) is 5.56 Å². The maximum absolute atomic E-state index is 12.4. The molecule has 3 heteroatoms. The van der Waals surface area contributed by atoms with Crippen LogP contribution in [0.1, 0.15) is 41.4 Å². The Bertz CT molecular complexity index is 754. The van der Waals surface area contributed by atoms with Crippen molar-refractivity contribution in [3.8, 4) is 0 Å². The van der Waals surface area contributed by atoms with E-state index in [2.05, 4.69) is 36.5 Å². The summed E-state index contributed by atoms with van der Waals surface area (Å²) in [6.07, 6.45) is 4.83. The number of benzene rings is 1. The van der Waals surface area contributed by atoms with Crippen molar-refractivity contribution in [2.24, 2.45) is 0 Å². The van der Waals surface area contributed by atoms with Crippen LogP contribution >= 0.6 is 0 Å². The van der Waals surface area contributed by atoms with Gasteiger partial charge >= 0.3 is 0 Å². The van der Waals surface area contributed by atoms with Gasteiger partial charge in [-0.3, -0.25) is 4.79 Å². The maximum atomic E-state index is 12.4. The van der Waals surface area contributed by atoms with E-state index in [-0.39, 0.29) is 11.9 Å². The highest BCUT2D eigenvalue weighted by Crippen LogP contribution is 2.16. The van der Waals surface area contributed by atoms with Crippen LogP contribution in [0.4, 0.5) is 0 Å². The summed E-state index contributed by atoms with van der Waals surface area (Å²) < 4.78 is 1.95. The quantitative estimate of drug-likeness (QED) is 0.775. The minimum atomic E-state index is -0.0456. The molecule has 0 spiro atoms. The number of nitrogens with zero attached hydrogens (tertiary/aromatic N) is 1. The molecule has 3 rings (SSSR count). The topological polar surface area (TPSA) is 33.5 Å². The first kappa shape index (κ1) is 14.4. The average Bonchev–Trinajstić information content (AvgIpc) is 2.99. The number of aromatic nitrogens is 1. The first-order chi connectivity index (χ1) is 10.7. The van der Waals surface area contributed by atoms with Crippen LogP contribution in [-0.4, -0.2) is 10.3 Å². The molecule has 0 radical (unpaired) electrons. The Balaban J connectivity index is 1.74. The van der Waals surface area contributed by atoms with E-state index in [0.717, 1.165) is 17.5 Å². The highest BCUT2D eigenvalue weighted by molar-refractivity contribution is 5.95. The van der Waals surface area contributed by atoms with E-state index in [1.54, 1.807) is 0 Å². The molecule has 0 aliphatic rings. The van der Waals surface area contributed by atoms with Gasteiger partial charge in [0.2, 0.25) is 0 Å². The van der Waals surface area contributed by atoms with Gasteiger partial charge in [-0.2, -0.15) is 0 Å². The van der Waals surface area contributed by atoms with Crippen LogP contribution in [-0.2, 0) is 6.42 Å². The Morgan fingerprint density at radius 1 is 1.18 bits per heavy atom. The Morgan fingerprint density at radius 2 is 1.95 bits per heavy atom. The van der Waals surface area contributed by atoms with Gasteiger partial charge in [-0.25, -0.2) is 0 Å². The molecule has 1 amide bonds. The number of hydrogen-bond acceptors (Lipinski definition) is 1. The molecule has 1 N–H and O–H groups in total. The van der Waals surface area contributed by atoms with Gasteiger partial charge in [0.05, 0.1) is 11.6 Å². The summed E-state index contributed by atoms with van der Waals surface area (Å²) in [5.41, 5.74) is 4.13. The molecule has 0 saturated carbocycles. The third-order valence-electron chi connectivity index (χ3n) is 4.00. The van der Waals surface area contributed by atoms with Gasteiger partial charge < -0.3 is 9.72 Å². The van der Waals surface area contributed by atoms with E-state index < -0.39 is 0 Å². The molecule has 112 valence electrons. The van der Waals surface area contributed by atoms with Gasteiger partial charge in [0, 0.05) is 17.9 Å². The Labute approximate surface area is 130 Å². The standard InChI is InChI=1S/C19H20N2O/c1-3-15-7-9-16(10-8-15)14(2)20-19(22)17-12-18-6-4-5-11-21(18)13-17/h4-14H,3H2,1-2H3,(H,20,22)/t14-/m1/s1. The summed E-state index contributed by atoms with van der Waals surface area (Å²) in [5.74, 6) is -0.0456. The van der Waals surface area contributed by atoms with Gasteiger partial charge in [-0.1, -0.05) is 37.3 Å². The molecule has 0 bridgehead atoms. The number of aryl methyl sites for hydroxylation is 1. The minimum Gasteiger partial charge on any atom is -0.345 e. The Morgan fingerprint density at radius 3 is 2.64 bits per heavy atom. The molecule has 0 aliphatic carbocycles. The number of hydrogen-bond donors (Lipinski definition) is 1. The lowest BCUT2D eigenvalue weighted by atomic mass is 10.0. The van der Waals surface area contributed by atoms with E-state index >= 15 is 0 Å². The van der Waals surface area contributed by atoms with Gasteiger partial charge in [-0.15, -0.1) is 0 Å². The monoisotopic (exact) mass is 292 g/mol. The van der Waals surface area contributed by atoms with Crippen molar-refractivity contribution in [2.45, 2.75) is 26.3 Å². The number of carbonyl (C=O) groups excluding carboxylic acids is 1. The van der Waals surface area contributed by atoms with Crippen LogP contribution in [0.5, 0.6) is 0 Å². The average molecular weight is 292 g/mol. The molecule has 1 aromatic carbocycles. The van der Waals surface area contributed by atoms with Crippen LogP contribution in [0, 0.1) is 0 Å². The molecular formula is C19H20N2O. The SMILES string of the molecule is CCc1ccc([C@@H](C)NC(=O)c2cc3ccccn3c2)cc1. The largest absolute Gasteiger partial charge is 0.345 e. The van der Waals surface area contributed by atoms with Crippen LogP contribution in [0.25, 0.3) is 5.52 Å². The molecule has 3 aromatic rings. The van der Waals surface area contributed by atoms with Crippen molar-refractivity contribution in [3.05, 3.63) is 77.6 Å². The van der Waals surface area contributed by atoms with E-state index in [1.807, 2.05) is 48.0 Å². The fourth-order valence-electron chi connectivity index (χ4n) is 2.58. The van der Waals surface area contributed by atoms with Gasteiger partial charge in [-0.05, 0) is 42.7 Å². The first-order valence-electron chi connectivity index (χ1n) is 7.64. The molecule has 3 nitrogen and oxygen atoms in total. The number of rotatable bonds is 4. The summed E-state index contributed by atoms with van der Waals surface area (Å²) in [7, 11) is 0. The fourth-order valence-corrected chi connectivity index (χ4v) is 2.58. The second-order valence-corrected chi connectivity index (χ2v) is 5.55. The summed E-state index contributed by atoms with van der Waals surface area (Å²) in [5, 5.41) is 3.06. The van der Waals surface area contributed by atoms with Crippen molar-refractivity contribution in [2.75, 3.05) is 0 Å². The predicted molar refractivity (Wildman–Crippen MR) is 89.1 cm³/mol. The van der Waals surface area contributed by atoms with Crippen molar-refractivity contribution in [1.29, 1.82) is 0 Å². The highest BCUT2D eigenvalue weighted by Gasteiger charge is 2.13. The zero-order chi connectivity index (χ0) is 15.5. The van der Waals surface area contributed by atoms with Crippen molar-refractivity contribution in [3.63, 3.8) is 0 Å². The normalized spacial score (nSPS) is 12.3. The van der Waals surface area contributed by atoms with Crippen molar-refractivity contribution in [1.82, 2.24) is 9.72 Å². The molecule has 0 saturated heterocycles. The number of fused-ring (bicyclic) bond motifs is 1. The highest BCUT2D eigenvalue weighted by atomic mass is 16.1. The molecule has 0 fully saturated rings.